The minimum absolute atomic E-state index is 0.0948. The number of nitrogens with zero attached hydrogens (tertiary/aromatic N) is 1. The van der Waals surface area contributed by atoms with Gasteiger partial charge in [0.1, 0.15) is 0 Å². The predicted molar refractivity (Wildman–Crippen MR) is 66.5 cm³/mol. The first-order valence-corrected chi connectivity index (χ1v) is 6.12. The summed E-state index contributed by atoms with van der Waals surface area (Å²) in [6.45, 7) is 1.43. The summed E-state index contributed by atoms with van der Waals surface area (Å²) >= 11 is 0. The lowest BCUT2D eigenvalue weighted by Crippen LogP contribution is -2.35. The van der Waals surface area contributed by atoms with E-state index in [2.05, 4.69) is 17.6 Å². The van der Waals surface area contributed by atoms with Crippen molar-refractivity contribution in [1.29, 1.82) is 0 Å². The fourth-order valence-electron chi connectivity index (χ4n) is 2.55. The molecule has 1 heterocycles. The summed E-state index contributed by atoms with van der Waals surface area (Å²) in [6.07, 6.45) is 2.88. The Kier molecular flexibility index (Phi) is 2.33. The molecule has 1 aliphatic carbocycles. The Labute approximate surface area is 101 Å². The van der Waals surface area contributed by atoms with Crippen molar-refractivity contribution in [3.8, 4) is 0 Å². The van der Waals surface area contributed by atoms with Gasteiger partial charge in [0.2, 0.25) is 5.91 Å². The zero-order valence-electron chi connectivity index (χ0n) is 9.78. The summed E-state index contributed by atoms with van der Waals surface area (Å²) in [5, 5.41) is 1.95. The molecule has 0 atom stereocenters. The molecule has 4 heteroatoms. The van der Waals surface area contributed by atoms with Crippen molar-refractivity contribution in [3.05, 3.63) is 29.8 Å². The number of benzene rings is 1. The van der Waals surface area contributed by atoms with E-state index in [9.17, 15) is 4.79 Å². The molecule has 0 aromatic heterocycles. The molecular formula is C13H17N3O. The van der Waals surface area contributed by atoms with Crippen molar-refractivity contribution in [2.45, 2.75) is 24.7 Å². The van der Waals surface area contributed by atoms with Crippen molar-refractivity contribution in [1.82, 2.24) is 5.43 Å². The molecule has 0 radical (unpaired) electrons. The van der Waals surface area contributed by atoms with E-state index >= 15 is 0 Å². The second-order valence-electron chi connectivity index (χ2n) is 4.94. The van der Waals surface area contributed by atoms with Crippen LogP contribution in [-0.2, 0) is 10.2 Å². The third-order valence-electron chi connectivity index (χ3n) is 3.83. The standard InChI is InChI=1S/C13H17N3O/c14-9-13(6-7-13)10-3-1-2-4-11(10)16-8-5-12(17)15-16/h1-4H,5-9,14H2,(H,15,17). The van der Waals surface area contributed by atoms with Crippen molar-refractivity contribution >= 4 is 11.6 Å². The van der Waals surface area contributed by atoms with Gasteiger partial charge in [0, 0.05) is 24.9 Å². The van der Waals surface area contributed by atoms with Crippen LogP contribution in [0.3, 0.4) is 0 Å². The van der Waals surface area contributed by atoms with Crippen LogP contribution < -0.4 is 16.2 Å². The predicted octanol–water partition coefficient (Wildman–Crippen LogP) is 0.918. The number of rotatable bonds is 3. The number of para-hydroxylation sites is 1. The Bertz CT molecular complexity index is 454. The average molecular weight is 231 g/mol. The zero-order valence-corrected chi connectivity index (χ0v) is 9.78. The summed E-state index contributed by atoms with van der Waals surface area (Å²) in [4.78, 5) is 11.3. The number of hydrogen-bond acceptors (Lipinski definition) is 3. The highest BCUT2D eigenvalue weighted by Crippen LogP contribution is 2.50. The molecule has 1 amide bonds. The van der Waals surface area contributed by atoms with Gasteiger partial charge in [-0.25, -0.2) is 0 Å². The van der Waals surface area contributed by atoms with E-state index < -0.39 is 0 Å². The zero-order chi connectivity index (χ0) is 11.9. The fraction of sp³-hybridized carbons (Fsp3) is 0.462. The summed E-state index contributed by atoms with van der Waals surface area (Å²) < 4.78 is 0. The van der Waals surface area contributed by atoms with Crippen molar-refractivity contribution in [2.75, 3.05) is 18.1 Å². The second kappa shape index (κ2) is 3.74. The van der Waals surface area contributed by atoms with Crippen LogP contribution in [0.15, 0.2) is 24.3 Å². The number of amides is 1. The van der Waals surface area contributed by atoms with E-state index in [0.717, 1.165) is 25.1 Å². The Balaban J connectivity index is 1.97. The van der Waals surface area contributed by atoms with Gasteiger partial charge in [0.15, 0.2) is 0 Å². The molecule has 1 saturated carbocycles. The largest absolute Gasteiger partial charge is 0.330 e. The Morgan fingerprint density at radius 3 is 2.71 bits per heavy atom. The van der Waals surface area contributed by atoms with Crippen LogP contribution in [0.4, 0.5) is 5.69 Å². The van der Waals surface area contributed by atoms with Gasteiger partial charge in [0.05, 0.1) is 5.69 Å². The van der Waals surface area contributed by atoms with Crippen LogP contribution in [0.2, 0.25) is 0 Å². The second-order valence-corrected chi connectivity index (χ2v) is 4.94. The molecular weight excluding hydrogens is 214 g/mol. The van der Waals surface area contributed by atoms with Crippen molar-refractivity contribution < 1.29 is 4.79 Å². The smallest absolute Gasteiger partial charge is 0.240 e. The van der Waals surface area contributed by atoms with Crippen LogP contribution in [0.25, 0.3) is 0 Å². The molecule has 3 rings (SSSR count). The molecule has 4 nitrogen and oxygen atoms in total. The molecule has 3 N–H and O–H groups in total. The highest BCUT2D eigenvalue weighted by atomic mass is 16.2. The van der Waals surface area contributed by atoms with Gasteiger partial charge >= 0.3 is 0 Å². The maximum Gasteiger partial charge on any atom is 0.240 e. The molecule has 0 spiro atoms. The lowest BCUT2D eigenvalue weighted by atomic mass is 9.94. The molecule has 0 unspecified atom stereocenters. The number of hydrazine groups is 1. The summed E-state index contributed by atoms with van der Waals surface area (Å²) in [5.74, 6) is 0.0948. The first-order valence-electron chi connectivity index (χ1n) is 6.12. The van der Waals surface area contributed by atoms with Crippen LogP contribution in [-0.4, -0.2) is 19.0 Å². The Hall–Kier alpha value is -1.55. The maximum absolute atomic E-state index is 11.3. The minimum atomic E-state index is 0.0948. The van der Waals surface area contributed by atoms with Gasteiger partial charge in [-0.2, -0.15) is 0 Å². The lowest BCUT2D eigenvalue weighted by molar-refractivity contribution is -0.119. The van der Waals surface area contributed by atoms with E-state index in [1.54, 1.807) is 0 Å². The number of nitrogens with one attached hydrogen (secondary N) is 1. The average Bonchev–Trinajstić information content (AvgIpc) is 3.05. The van der Waals surface area contributed by atoms with E-state index in [4.69, 9.17) is 5.73 Å². The van der Waals surface area contributed by atoms with E-state index in [0.29, 0.717) is 13.0 Å². The quantitative estimate of drug-likeness (QED) is 0.813. The van der Waals surface area contributed by atoms with Crippen molar-refractivity contribution in [3.63, 3.8) is 0 Å². The molecule has 2 aliphatic rings. The summed E-state index contributed by atoms with van der Waals surface area (Å²) in [6, 6.07) is 8.26. The molecule has 90 valence electrons. The molecule has 1 saturated heterocycles. The topological polar surface area (TPSA) is 58.4 Å². The Morgan fingerprint density at radius 2 is 2.12 bits per heavy atom. The highest BCUT2D eigenvalue weighted by Gasteiger charge is 2.45. The summed E-state index contributed by atoms with van der Waals surface area (Å²) in [7, 11) is 0. The van der Waals surface area contributed by atoms with Gasteiger partial charge in [-0.1, -0.05) is 18.2 Å². The van der Waals surface area contributed by atoms with Gasteiger partial charge < -0.3 is 5.73 Å². The first kappa shape index (κ1) is 10.6. The normalized spacial score (nSPS) is 21.5. The van der Waals surface area contributed by atoms with Gasteiger partial charge in [0.25, 0.3) is 0 Å². The lowest BCUT2D eigenvalue weighted by Gasteiger charge is -2.24. The van der Waals surface area contributed by atoms with Crippen LogP contribution in [0.1, 0.15) is 24.8 Å². The molecule has 1 aromatic rings. The molecule has 0 bridgehead atoms. The van der Waals surface area contributed by atoms with Crippen LogP contribution in [0.5, 0.6) is 0 Å². The maximum atomic E-state index is 11.3. The molecule has 2 fully saturated rings. The van der Waals surface area contributed by atoms with E-state index in [1.165, 1.54) is 5.56 Å². The SMILES string of the molecule is NCC1(c2ccccc2N2CCC(=O)N2)CC1. The highest BCUT2D eigenvalue weighted by molar-refractivity contribution is 5.82. The molecule has 1 aromatic carbocycles. The summed E-state index contributed by atoms with van der Waals surface area (Å²) in [5.41, 5.74) is 11.3. The number of hydrogen-bond donors (Lipinski definition) is 2. The van der Waals surface area contributed by atoms with E-state index in [-0.39, 0.29) is 11.3 Å². The number of carbonyl (C=O) groups is 1. The van der Waals surface area contributed by atoms with Crippen LogP contribution in [0, 0.1) is 0 Å². The minimum Gasteiger partial charge on any atom is -0.330 e. The van der Waals surface area contributed by atoms with Gasteiger partial charge in [-0.05, 0) is 24.5 Å². The Morgan fingerprint density at radius 1 is 1.35 bits per heavy atom. The third kappa shape index (κ3) is 1.69. The number of carbonyl (C=O) groups excluding carboxylic acids is 1. The van der Waals surface area contributed by atoms with Crippen LogP contribution >= 0.6 is 0 Å². The number of anilines is 1. The van der Waals surface area contributed by atoms with E-state index in [1.807, 2.05) is 17.1 Å². The third-order valence-corrected chi connectivity index (χ3v) is 3.83. The fourth-order valence-corrected chi connectivity index (χ4v) is 2.55. The monoisotopic (exact) mass is 231 g/mol. The van der Waals surface area contributed by atoms with Gasteiger partial charge in [-0.15, -0.1) is 0 Å². The molecule has 1 aliphatic heterocycles. The first-order chi connectivity index (χ1) is 8.25. The van der Waals surface area contributed by atoms with Gasteiger partial charge in [-0.3, -0.25) is 15.2 Å². The number of nitrogens with two attached hydrogens (primary N) is 1. The van der Waals surface area contributed by atoms with Crippen molar-refractivity contribution in [2.24, 2.45) is 5.73 Å². The molecule has 17 heavy (non-hydrogen) atoms.